The summed E-state index contributed by atoms with van der Waals surface area (Å²) in [5, 5.41) is 7.04. The molecule has 0 bridgehead atoms. The van der Waals surface area contributed by atoms with E-state index in [4.69, 9.17) is 4.42 Å². The second-order valence-corrected chi connectivity index (χ2v) is 19.7. The van der Waals surface area contributed by atoms with Crippen molar-refractivity contribution in [1.29, 1.82) is 0 Å². The lowest BCUT2D eigenvalue weighted by Crippen LogP contribution is -2.16. The molecule has 4 nitrogen and oxygen atoms in total. The molecule has 0 atom stereocenters. The third-order valence-corrected chi connectivity index (χ3v) is 15.0. The lowest BCUT2D eigenvalue weighted by Gasteiger charge is -2.33. The Morgan fingerprint density at radius 3 is 1.04 bits per heavy atom. The van der Waals surface area contributed by atoms with Crippen molar-refractivity contribution >= 4 is 94.7 Å². The van der Waals surface area contributed by atoms with Crippen LogP contribution in [-0.2, 0) is 0 Å². The number of fused-ring (bicyclic) bond motifs is 5. The molecule has 1 heterocycles. The molecule has 0 aliphatic rings. The summed E-state index contributed by atoms with van der Waals surface area (Å²) in [5.74, 6) is 0. The molecule has 0 spiro atoms. The summed E-state index contributed by atoms with van der Waals surface area (Å²) in [5.41, 5.74) is 17.9. The van der Waals surface area contributed by atoms with Crippen molar-refractivity contribution in [3.63, 3.8) is 0 Å². The van der Waals surface area contributed by atoms with Crippen LogP contribution < -0.4 is 14.7 Å². The standard InChI is InChI=1S/C74H51N3O/c1-4-18-52(19-5-1)53-34-40-62(41-35-53)77(63-46-47-74-72(51-63)71-30-14-15-33-73(71)78-74)66-49-64(75(58-24-6-2-7-25-58)60-42-36-56(37-43-60)69-31-16-22-54-20-10-12-28-67(54)69)48-65(50-66)76(59-26-8-3-9-27-59)61-44-38-57(39-45-61)70-32-17-23-55-21-11-13-29-68(55)70/h1-51H. The van der Waals surface area contributed by atoms with Gasteiger partial charge in [-0.2, -0.15) is 0 Å². The van der Waals surface area contributed by atoms with Gasteiger partial charge in [0.25, 0.3) is 0 Å². The molecule has 14 aromatic rings. The van der Waals surface area contributed by atoms with E-state index in [1.165, 1.54) is 38.2 Å². The van der Waals surface area contributed by atoms with Crippen LogP contribution in [-0.4, -0.2) is 0 Å². The number of anilines is 9. The second-order valence-electron chi connectivity index (χ2n) is 19.7. The molecule has 0 saturated carbocycles. The molecule has 0 radical (unpaired) electrons. The molecular formula is C74H51N3O. The van der Waals surface area contributed by atoms with Crippen molar-refractivity contribution in [2.24, 2.45) is 0 Å². The number of nitrogens with zero attached hydrogens (tertiary/aromatic N) is 3. The molecule has 0 fully saturated rings. The molecule has 4 heteroatoms. The highest BCUT2D eigenvalue weighted by Gasteiger charge is 2.24. The van der Waals surface area contributed by atoms with Crippen molar-refractivity contribution in [2.75, 3.05) is 14.7 Å². The minimum atomic E-state index is 0.846. The predicted molar refractivity (Wildman–Crippen MR) is 329 cm³/mol. The van der Waals surface area contributed by atoms with Crippen molar-refractivity contribution in [1.82, 2.24) is 0 Å². The first kappa shape index (κ1) is 46.1. The van der Waals surface area contributed by atoms with Crippen molar-refractivity contribution in [3.8, 4) is 33.4 Å². The molecular weight excluding hydrogens is 947 g/mol. The first-order chi connectivity index (χ1) is 38.7. The van der Waals surface area contributed by atoms with Gasteiger partial charge in [-0.25, -0.2) is 0 Å². The summed E-state index contributed by atoms with van der Waals surface area (Å²) in [6.07, 6.45) is 0. The molecule has 0 aliphatic heterocycles. The highest BCUT2D eigenvalue weighted by atomic mass is 16.3. The summed E-state index contributed by atoms with van der Waals surface area (Å²) < 4.78 is 6.44. The average molecular weight is 998 g/mol. The summed E-state index contributed by atoms with van der Waals surface area (Å²) in [6, 6.07) is 111. The first-order valence-electron chi connectivity index (χ1n) is 26.6. The van der Waals surface area contributed by atoms with Crippen LogP contribution in [0.4, 0.5) is 51.2 Å². The van der Waals surface area contributed by atoms with Crippen molar-refractivity contribution in [3.05, 3.63) is 309 Å². The largest absolute Gasteiger partial charge is 0.456 e. The summed E-state index contributed by atoms with van der Waals surface area (Å²) in [6.45, 7) is 0. The van der Waals surface area contributed by atoms with Gasteiger partial charge in [0, 0.05) is 44.9 Å². The van der Waals surface area contributed by atoms with E-state index in [2.05, 4.69) is 312 Å². The highest BCUT2D eigenvalue weighted by Crippen LogP contribution is 2.48. The Labute approximate surface area is 454 Å². The van der Waals surface area contributed by atoms with Gasteiger partial charge in [-0.3, -0.25) is 0 Å². The monoisotopic (exact) mass is 997 g/mol. The number of benzene rings is 13. The zero-order valence-corrected chi connectivity index (χ0v) is 42.7. The Morgan fingerprint density at radius 2 is 0.538 bits per heavy atom. The molecule has 0 amide bonds. The molecule has 14 rings (SSSR count). The minimum Gasteiger partial charge on any atom is -0.456 e. The van der Waals surface area contributed by atoms with Gasteiger partial charge in [0.05, 0.1) is 17.1 Å². The van der Waals surface area contributed by atoms with Gasteiger partial charge < -0.3 is 19.1 Å². The molecule has 0 aliphatic carbocycles. The van der Waals surface area contributed by atoms with Gasteiger partial charge in [-0.1, -0.05) is 206 Å². The molecule has 368 valence electrons. The summed E-state index contributed by atoms with van der Waals surface area (Å²) >= 11 is 0. The fourth-order valence-corrected chi connectivity index (χ4v) is 11.3. The van der Waals surface area contributed by atoms with Gasteiger partial charge in [0.2, 0.25) is 0 Å². The van der Waals surface area contributed by atoms with Crippen LogP contribution in [0.15, 0.2) is 314 Å². The molecule has 13 aromatic carbocycles. The molecule has 0 N–H and O–H groups in total. The number of hydrogen-bond donors (Lipinski definition) is 0. The number of rotatable bonds is 12. The zero-order valence-electron chi connectivity index (χ0n) is 42.7. The lowest BCUT2D eigenvalue weighted by molar-refractivity contribution is 0.669. The van der Waals surface area contributed by atoms with E-state index in [1.54, 1.807) is 0 Å². The Kier molecular flexibility index (Phi) is 11.8. The van der Waals surface area contributed by atoms with Gasteiger partial charge >= 0.3 is 0 Å². The van der Waals surface area contributed by atoms with Crippen molar-refractivity contribution < 1.29 is 4.42 Å². The number of hydrogen-bond acceptors (Lipinski definition) is 4. The molecule has 0 unspecified atom stereocenters. The van der Waals surface area contributed by atoms with Gasteiger partial charge in [0.15, 0.2) is 0 Å². The van der Waals surface area contributed by atoms with Gasteiger partial charge in [-0.05, 0) is 158 Å². The SMILES string of the molecule is c1ccc(-c2ccc(N(c3cc(N(c4ccccc4)c4ccc(-c5cccc6ccccc56)cc4)cc(N(c4ccccc4)c4ccc(-c5cccc6ccccc56)cc4)c3)c3ccc4oc5ccccc5c4c3)cc2)cc1. The third-order valence-electron chi connectivity index (χ3n) is 15.0. The Bertz CT molecular complexity index is 4230. The molecule has 78 heavy (non-hydrogen) atoms. The van der Waals surface area contributed by atoms with E-state index >= 15 is 0 Å². The van der Waals surface area contributed by atoms with Crippen LogP contribution in [0.2, 0.25) is 0 Å². The van der Waals surface area contributed by atoms with Crippen molar-refractivity contribution in [2.45, 2.75) is 0 Å². The normalized spacial score (nSPS) is 11.3. The molecule has 1 aromatic heterocycles. The fourth-order valence-electron chi connectivity index (χ4n) is 11.3. The first-order valence-corrected chi connectivity index (χ1v) is 26.6. The minimum absolute atomic E-state index is 0.846. The van der Waals surface area contributed by atoms with Crippen LogP contribution in [0, 0.1) is 0 Å². The van der Waals surface area contributed by atoms with Crippen LogP contribution in [0.5, 0.6) is 0 Å². The number of furan rings is 1. The predicted octanol–water partition coefficient (Wildman–Crippen LogP) is 21.3. The van der Waals surface area contributed by atoms with E-state index in [-0.39, 0.29) is 0 Å². The van der Waals surface area contributed by atoms with E-state index < -0.39 is 0 Å². The zero-order chi connectivity index (χ0) is 51.8. The van der Waals surface area contributed by atoms with Crippen LogP contribution >= 0.6 is 0 Å². The smallest absolute Gasteiger partial charge is 0.135 e. The summed E-state index contributed by atoms with van der Waals surface area (Å²) in [4.78, 5) is 7.16. The topological polar surface area (TPSA) is 22.9 Å². The summed E-state index contributed by atoms with van der Waals surface area (Å²) in [7, 11) is 0. The van der Waals surface area contributed by atoms with Gasteiger partial charge in [-0.15, -0.1) is 0 Å². The van der Waals surface area contributed by atoms with E-state index in [0.29, 0.717) is 0 Å². The highest BCUT2D eigenvalue weighted by molar-refractivity contribution is 6.07. The Balaban J connectivity index is 0.998. The lowest BCUT2D eigenvalue weighted by atomic mass is 9.98. The van der Waals surface area contributed by atoms with E-state index in [9.17, 15) is 0 Å². The van der Waals surface area contributed by atoms with E-state index in [1.807, 2.05) is 12.1 Å². The van der Waals surface area contributed by atoms with Crippen LogP contribution in [0.1, 0.15) is 0 Å². The quantitative estimate of drug-likeness (QED) is 0.122. The number of para-hydroxylation sites is 3. The van der Waals surface area contributed by atoms with E-state index in [0.717, 1.165) is 89.8 Å². The average Bonchev–Trinajstić information content (AvgIpc) is 3.92. The van der Waals surface area contributed by atoms with Crippen LogP contribution in [0.25, 0.3) is 76.9 Å². The maximum Gasteiger partial charge on any atom is 0.135 e. The maximum absolute atomic E-state index is 6.44. The maximum atomic E-state index is 6.44. The fraction of sp³-hybridized carbons (Fsp3) is 0. The Hall–Kier alpha value is -10.4. The third kappa shape index (κ3) is 8.67. The van der Waals surface area contributed by atoms with Crippen LogP contribution in [0.3, 0.4) is 0 Å². The molecule has 0 saturated heterocycles. The second kappa shape index (κ2) is 20.0. The Morgan fingerprint density at radius 1 is 0.192 bits per heavy atom. The van der Waals surface area contributed by atoms with Gasteiger partial charge in [0.1, 0.15) is 11.2 Å².